The number of rotatable bonds is 7. The van der Waals surface area contributed by atoms with Crippen molar-refractivity contribution in [3.8, 4) is 97.5 Å². The first-order valence-electron chi connectivity index (χ1n) is 20.8. The topological polar surface area (TPSA) is 139 Å². The summed E-state index contributed by atoms with van der Waals surface area (Å²) in [5.41, 5.74) is 6.79. The van der Waals surface area contributed by atoms with Crippen LogP contribution in [0.2, 0.25) is 0 Å². The Labute approximate surface area is 381 Å². The quantitative estimate of drug-likeness (QED) is 0.155. The Morgan fingerprint density at radius 3 is 1.27 bits per heavy atom. The lowest BCUT2D eigenvalue weighted by Gasteiger charge is -2.18. The Balaban J connectivity index is 1.34. The van der Waals surface area contributed by atoms with E-state index in [0.717, 1.165) is 28.0 Å². The highest BCUT2D eigenvalue weighted by Gasteiger charge is 2.34. The summed E-state index contributed by atoms with van der Waals surface area (Å²) in [5, 5.41) is 41.2. The maximum atomic E-state index is 14.8. The number of halogens is 3. The van der Waals surface area contributed by atoms with Crippen LogP contribution in [-0.4, -0.2) is 19.5 Å². The van der Waals surface area contributed by atoms with E-state index in [0.29, 0.717) is 78.4 Å². The molecule has 0 aliphatic heterocycles. The largest absolute Gasteiger partial charge is 0.417 e. The van der Waals surface area contributed by atoms with Crippen molar-refractivity contribution >= 4 is 21.8 Å². The molecule has 0 amide bonds. The predicted molar refractivity (Wildman–Crippen MR) is 251 cm³/mol. The molecular formula is C56H29F3N8. The summed E-state index contributed by atoms with van der Waals surface area (Å²) < 4.78 is 46.3. The summed E-state index contributed by atoms with van der Waals surface area (Å²) in [6.07, 6.45) is -4.67. The molecule has 0 saturated carbocycles. The highest BCUT2D eigenvalue weighted by atomic mass is 19.4. The van der Waals surface area contributed by atoms with Crippen LogP contribution in [0.25, 0.3) is 95.0 Å². The van der Waals surface area contributed by atoms with E-state index in [-0.39, 0.29) is 17.0 Å². The normalized spacial score (nSPS) is 11.1. The number of benzene rings is 8. The third-order valence-corrected chi connectivity index (χ3v) is 11.5. The zero-order chi connectivity index (χ0) is 46.2. The molecule has 0 radical (unpaired) electrons. The lowest BCUT2D eigenvalue weighted by atomic mass is 9.96. The first kappa shape index (κ1) is 41.3. The van der Waals surface area contributed by atoms with Crippen LogP contribution in [0.4, 0.5) is 13.2 Å². The van der Waals surface area contributed by atoms with Gasteiger partial charge >= 0.3 is 6.18 Å². The number of alkyl halides is 3. The molecule has 0 bridgehead atoms. The van der Waals surface area contributed by atoms with Gasteiger partial charge in [0.25, 0.3) is 0 Å². The molecule has 2 aromatic heterocycles. The third kappa shape index (κ3) is 7.76. The second-order valence-electron chi connectivity index (χ2n) is 15.7. The number of nitrogens with zero attached hydrogens (tertiary/aromatic N) is 8. The van der Waals surface area contributed by atoms with Crippen molar-refractivity contribution in [3.05, 3.63) is 204 Å². The number of aromatic nitrogens is 4. The van der Waals surface area contributed by atoms with E-state index in [1.165, 1.54) is 24.3 Å². The summed E-state index contributed by atoms with van der Waals surface area (Å²) in [6, 6.07) is 59.3. The summed E-state index contributed by atoms with van der Waals surface area (Å²) in [6.45, 7) is 0. The smallest absolute Gasteiger partial charge is 0.308 e. The van der Waals surface area contributed by atoms with E-state index >= 15 is 0 Å². The Kier molecular flexibility index (Phi) is 10.4. The molecule has 2 heterocycles. The highest BCUT2D eigenvalue weighted by Crippen LogP contribution is 2.43. The minimum absolute atomic E-state index is 0.0368. The van der Waals surface area contributed by atoms with Crippen molar-refractivity contribution in [1.29, 1.82) is 21.0 Å². The first-order valence-corrected chi connectivity index (χ1v) is 20.8. The molecule has 10 rings (SSSR count). The number of hydrogen-bond acceptors (Lipinski definition) is 7. The van der Waals surface area contributed by atoms with Crippen molar-refractivity contribution in [2.75, 3.05) is 0 Å². The van der Waals surface area contributed by atoms with Crippen molar-refractivity contribution in [2.24, 2.45) is 0 Å². The Morgan fingerprint density at radius 1 is 0.373 bits per heavy atom. The molecule has 11 heteroatoms. The lowest BCUT2D eigenvalue weighted by molar-refractivity contribution is -0.137. The van der Waals surface area contributed by atoms with Crippen LogP contribution in [0.1, 0.15) is 27.8 Å². The minimum atomic E-state index is -4.67. The van der Waals surface area contributed by atoms with E-state index in [2.05, 4.69) is 24.3 Å². The number of nitriles is 4. The molecule has 0 spiro atoms. The van der Waals surface area contributed by atoms with E-state index in [9.17, 15) is 34.2 Å². The van der Waals surface area contributed by atoms with Gasteiger partial charge in [-0.2, -0.15) is 34.2 Å². The van der Waals surface area contributed by atoms with Gasteiger partial charge in [-0.3, -0.25) is 0 Å². The van der Waals surface area contributed by atoms with Gasteiger partial charge in [-0.15, -0.1) is 0 Å². The lowest BCUT2D eigenvalue weighted by Crippen LogP contribution is -2.07. The second kappa shape index (κ2) is 16.8. The molecule has 314 valence electrons. The molecule has 0 aliphatic carbocycles. The van der Waals surface area contributed by atoms with Gasteiger partial charge in [0.2, 0.25) is 0 Å². The Hall–Kier alpha value is -9.68. The Bertz CT molecular complexity index is 3540. The van der Waals surface area contributed by atoms with Crippen LogP contribution in [0.5, 0.6) is 0 Å². The molecule has 0 atom stereocenters. The predicted octanol–water partition coefficient (Wildman–Crippen LogP) is 13.5. The van der Waals surface area contributed by atoms with Crippen molar-refractivity contribution in [3.63, 3.8) is 0 Å². The summed E-state index contributed by atoms with van der Waals surface area (Å²) in [7, 11) is 0. The van der Waals surface area contributed by atoms with E-state index in [4.69, 9.17) is 15.0 Å². The van der Waals surface area contributed by atoms with Crippen molar-refractivity contribution in [1.82, 2.24) is 19.5 Å². The van der Waals surface area contributed by atoms with Crippen LogP contribution >= 0.6 is 0 Å². The molecule has 0 N–H and O–H groups in total. The average molecular weight is 871 g/mol. The second-order valence-corrected chi connectivity index (χ2v) is 15.7. The fraction of sp³-hybridized carbons (Fsp3) is 0.0179. The summed E-state index contributed by atoms with van der Waals surface area (Å²) in [5.74, 6) is 1.01. The molecule has 8 nitrogen and oxygen atoms in total. The van der Waals surface area contributed by atoms with Gasteiger partial charge < -0.3 is 4.57 Å². The summed E-state index contributed by atoms with van der Waals surface area (Å²) in [4.78, 5) is 15.0. The maximum absolute atomic E-state index is 14.8. The zero-order valence-electron chi connectivity index (χ0n) is 35.0. The molecule has 0 fully saturated rings. The maximum Gasteiger partial charge on any atom is 0.417 e. The highest BCUT2D eigenvalue weighted by molar-refractivity contribution is 6.12. The van der Waals surface area contributed by atoms with E-state index in [1.54, 1.807) is 48.5 Å². The standard InChI is InChI=1S/C56H29F3N8/c57-56(58,59)49-14-8-7-13-45(49)42-17-20-48(55-65-53(38-9-3-1-4-10-38)64-54(66-55)39-11-5-2-6-12-39)52(29-42)67-50-27-40(43-23-34(30-60)21-35(24-43)31-61)15-18-46(50)47-19-16-41(28-51(47)67)44-25-36(32-62)22-37(26-44)33-63/h1-29H. The molecule has 67 heavy (non-hydrogen) atoms. The van der Waals surface area contributed by atoms with Gasteiger partial charge in [-0.05, 0) is 100 Å². The fourth-order valence-electron chi connectivity index (χ4n) is 8.47. The third-order valence-electron chi connectivity index (χ3n) is 11.5. The van der Waals surface area contributed by atoms with E-state index < -0.39 is 11.7 Å². The molecule has 0 saturated heterocycles. The van der Waals surface area contributed by atoms with Crippen LogP contribution in [0.15, 0.2) is 176 Å². The Morgan fingerprint density at radius 2 is 0.806 bits per heavy atom. The molecule has 8 aromatic carbocycles. The number of hydrogen-bond donors (Lipinski definition) is 0. The van der Waals surface area contributed by atoms with E-state index in [1.807, 2.05) is 102 Å². The van der Waals surface area contributed by atoms with Crippen molar-refractivity contribution in [2.45, 2.75) is 6.18 Å². The molecule has 10 aromatic rings. The van der Waals surface area contributed by atoms with Gasteiger partial charge in [0.15, 0.2) is 17.5 Å². The minimum Gasteiger partial charge on any atom is -0.308 e. The van der Waals surface area contributed by atoms with Gasteiger partial charge in [0.1, 0.15) is 0 Å². The zero-order valence-corrected chi connectivity index (χ0v) is 35.0. The van der Waals surface area contributed by atoms with Gasteiger partial charge in [0.05, 0.1) is 68.8 Å². The molecule has 0 unspecified atom stereocenters. The number of fused-ring (bicyclic) bond motifs is 3. The first-order chi connectivity index (χ1) is 32.6. The summed E-state index contributed by atoms with van der Waals surface area (Å²) >= 11 is 0. The SMILES string of the molecule is N#Cc1cc(C#N)cc(-c2ccc3c4ccc(-c5cc(C#N)cc(C#N)c5)cc4n(-c4cc(-c5ccccc5C(F)(F)F)ccc4-c4nc(-c5ccccc5)nc(-c5ccccc5)n4)c3c2)c1. The fourth-order valence-corrected chi connectivity index (χ4v) is 8.47. The van der Waals surface area contributed by atoms with Crippen LogP contribution in [-0.2, 0) is 6.18 Å². The van der Waals surface area contributed by atoms with Gasteiger partial charge in [0, 0.05) is 27.5 Å². The van der Waals surface area contributed by atoms with Gasteiger partial charge in [-0.1, -0.05) is 109 Å². The average Bonchev–Trinajstić information content (AvgIpc) is 3.71. The molecular weight excluding hydrogens is 842 g/mol. The molecule has 0 aliphatic rings. The monoisotopic (exact) mass is 870 g/mol. The van der Waals surface area contributed by atoms with Crippen molar-refractivity contribution < 1.29 is 13.2 Å². The van der Waals surface area contributed by atoms with Crippen LogP contribution < -0.4 is 0 Å². The van der Waals surface area contributed by atoms with Gasteiger partial charge in [-0.25, -0.2) is 15.0 Å². The van der Waals surface area contributed by atoms with Crippen LogP contribution in [0.3, 0.4) is 0 Å². The van der Waals surface area contributed by atoms with Crippen LogP contribution in [0, 0.1) is 45.3 Å².